The first kappa shape index (κ1) is 17.5. The normalized spacial score (nSPS) is 12.2. The molecule has 5 heteroatoms. The largest absolute Gasteiger partial charge is 0.483 e. The highest BCUT2D eigenvalue weighted by Gasteiger charge is 2.16. The molecule has 5 nitrogen and oxygen atoms in total. The fourth-order valence-electron chi connectivity index (χ4n) is 1.85. The molecule has 0 aliphatic heterocycles. The van der Waals surface area contributed by atoms with Gasteiger partial charge in [0.15, 0.2) is 6.61 Å². The van der Waals surface area contributed by atoms with Crippen LogP contribution in [0.25, 0.3) is 0 Å². The van der Waals surface area contributed by atoms with Crippen molar-refractivity contribution in [1.82, 2.24) is 5.32 Å². The molecule has 0 radical (unpaired) electrons. The summed E-state index contributed by atoms with van der Waals surface area (Å²) in [6.45, 7) is 7.55. The minimum atomic E-state index is -0.153. The summed E-state index contributed by atoms with van der Waals surface area (Å²) in [5, 5.41) is 2.94. The molecule has 1 amide bonds. The summed E-state index contributed by atoms with van der Waals surface area (Å²) in [6.07, 6.45) is 0. The zero-order valence-corrected chi connectivity index (χ0v) is 13.1. The van der Waals surface area contributed by atoms with Crippen molar-refractivity contribution in [2.75, 3.05) is 19.8 Å². The highest BCUT2D eigenvalue weighted by Crippen LogP contribution is 2.16. The summed E-state index contributed by atoms with van der Waals surface area (Å²) < 4.78 is 10.9. The van der Waals surface area contributed by atoms with Crippen LogP contribution in [0, 0.1) is 5.92 Å². The van der Waals surface area contributed by atoms with Crippen molar-refractivity contribution in [2.24, 2.45) is 11.7 Å². The van der Waals surface area contributed by atoms with Gasteiger partial charge in [0.05, 0.1) is 12.6 Å². The van der Waals surface area contributed by atoms with Crippen LogP contribution in [0.15, 0.2) is 24.3 Å². The molecular weight excluding hydrogens is 268 g/mol. The lowest BCUT2D eigenvalue weighted by atomic mass is 10.1. The number of ether oxygens (including phenoxy) is 2. The Kier molecular flexibility index (Phi) is 7.79. The summed E-state index contributed by atoms with van der Waals surface area (Å²) in [5.74, 6) is 0.804. The van der Waals surface area contributed by atoms with Gasteiger partial charge in [0.25, 0.3) is 5.91 Å². The Morgan fingerprint density at radius 1 is 1.33 bits per heavy atom. The van der Waals surface area contributed by atoms with Crippen molar-refractivity contribution in [1.29, 1.82) is 0 Å². The van der Waals surface area contributed by atoms with Crippen LogP contribution >= 0.6 is 0 Å². The molecule has 0 fully saturated rings. The quantitative estimate of drug-likeness (QED) is 0.727. The second kappa shape index (κ2) is 9.37. The number of para-hydroxylation sites is 1. The average Bonchev–Trinajstić information content (AvgIpc) is 2.49. The Labute approximate surface area is 126 Å². The highest BCUT2D eigenvalue weighted by molar-refractivity contribution is 5.77. The molecular formula is C16H26N2O3. The van der Waals surface area contributed by atoms with Crippen molar-refractivity contribution in [2.45, 2.75) is 33.4 Å². The predicted molar refractivity (Wildman–Crippen MR) is 83.1 cm³/mol. The Morgan fingerprint density at radius 2 is 2.05 bits per heavy atom. The maximum absolute atomic E-state index is 12.0. The number of carbonyl (C=O) groups is 1. The zero-order valence-electron chi connectivity index (χ0n) is 13.1. The van der Waals surface area contributed by atoms with Crippen LogP contribution in [0.3, 0.4) is 0 Å². The molecule has 1 aromatic carbocycles. The third kappa shape index (κ3) is 6.14. The standard InChI is InChI=1S/C16H26N2O3/c1-4-20-10-14(12(2)3)18-16(19)11-21-15-8-6-5-7-13(15)9-17/h5-8,12,14H,4,9-11,17H2,1-3H3,(H,18,19). The molecule has 0 aromatic heterocycles. The van der Waals surface area contributed by atoms with E-state index in [2.05, 4.69) is 19.2 Å². The van der Waals surface area contributed by atoms with Crippen LogP contribution in [0.4, 0.5) is 0 Å². The van der Waals surface area contributed by atoms with E-state index in [1.165, 1.54) is 0 Å². The summed E-state index contributed by atoms with van der Waals surface area (Å²) >= 11 is 0. The van der Waals surface area contributed by atoms with E-state index in [4.69, 9.17) is 15.2 Å². The number of rotatable bonds is 9. The molecule has 0 saturated heterocycles. The van der Waals surface area contributed by atoms with Gasteiger partial charge >= 0.3 is 0 Å². The molecule has 0 aliphatic rings. The van der Waals surface area contributed by atoms with Crippen molar-refractivity contribution < 1.29 is 14.3 Å². The number of nitrogens with two attached hydrogens (primary N) is 1. The second-order valence-corrected chi connectivity index (χ2v) is 5.18. The Morgan fingerprint density at radius 3 is 2.67 bits per heavy atom. The minimum Gasteiger partial charge on any atom is -0.483 e. The zero-order chi connectivity index (χ0) is 15.7. The van der Waals surface area contributed by atoms with Crippen molar-refractivity contribution >= 4 is 5.91 Å². The summed E-state index contributed by atoms with van der Waals surface area (Å²) in [6, 6.07) is 7.45. The van der Waals surface area contributed by atoms with Gasteiger partial charge in [-0.3, -0.25) is 4.79 Å². The lowest BCUT2D eigenvalue weighted by molar-refractivity contribution is -0.124. The van der Waals surface area contributed by atoms with Gasteiger partial charge in [0.1, 0.15) is 5.75 Å². The number of carbonyl (C=O) groups excluding carboxylic acids is 1. The van der Waals surface area contributed by atoms with E-state index < -0.39 is 0 Å². The third-order valence-electron chi connectivity index (χ3n) is 3.20. The van der Waals surface area contributed by atoms with E-state index in [9.17, 15) is 4.79 Å². The number of amides is 1. The van der Waals surface area contributed by atoms with Gasteiger partial charge < -0.3 is 20.5 Å². The maximum Gasteiger partial charge on any atom is 0.258 e. The smallest absolute Gasteiger partial charge is 0.258 e. The van der Waals surface area contributed by atoms with E-state index in [-0.39, 0.29) is 18.6 Å². The van der Waals surface area contributed by atoms with E-state index in [0.29, 0.717) is 31.4 Å². The molecule has 1 unspecified atom stereocenters. The van der Waals surface area contributed by atoms with E-state index in [0.717, 1.165) is 5.56 Å². The second-order valence-electron chi connectivity index (χ2n) is 5.18. The lowest BCUT2D eigenvalue weighted by Gasteiger charge is -2.22. The minimum absolute atomic E-state index is 0.00852. The molecule has 1 rings (SSSR count). The van der Waals surface area contributed by atoms with Gasteiger partial charge in [-0.05, 0) is 18.9 Å². The van der Waals surface area contributed by atoms with Gasteiger partial charge in [-0.25, -0.2) is 0 Å². The van der Waals surface area contributed by atoms with Gasteiger partial charge in [0.2, 0.25) is 0 Å². The third-order valence-corrected chi connectivity index (χ3v) is 3.20. The molecule has 0 heterocycles. The number of nitrogens with one attached hydrogen (secondary N) is 1. The van der Waals surface area contributed by atoms with Crippen LogP contribution in [0.1, 0.15) is 26.3 Å². The Balaban J connectivity index is 2.48. The molecule has 0 aliphatic carbocycles. The first-order chi connectivity index (χ1) is 10.1. The van der Waals surface area contributed by atoms with Crippen LogP contribution < -0.4 is 15.8 Å². The maximum atomic E-state index is 12.0. The summed E-state index contributed by atoms with van der Waals surface area (Å²) in [5.41, 5.74) is 6.52. The first-order valence-electron chi connectivity index (χ1n) is 7.36. The van der Waals surface area contributed by atoms with Crippen LogP contribution in [-0.2, 0) is 16.1 Å². The fraction of sp³-hybridized carbons (Fsp3) is 0.562. The molecule has 21 heavy (non-hydrogen) atoms. The van der Waals surface area contributed by atoms with E-state index in [1.807, 2.05) is 31.2 Å². The van der Waals surface area contributed by atoms with Crippen molar-refractivity contribution in [3.63, 3.8) is 0 Å². The fourth-order valence-corrected chi connectivity index (χ4v) is 1.85. The highest BCUT2D eigenvalue weighted by atomic mass is 16.5. The molecule has 1 atom stereocenters. The van der Waals surface area contributed by atoms with Crippen LogP contribution in [0.2, 0.25) is 0 Å². The Bertz CT molecular complexity index is 435. The lowest BCUT2D eigenvalue weighted by Crippen LogP contribution is -2.44. The van der Waals surface area contributed by atoms with E-state index in [1.54, 1.807) is 0 Å². The van der Waals surface area contributed by atoms with Crippen LogP contribution in [-0.4, -0.2) is 31.8 Å². The van der Waals surface area contributed by atoms with Gasteiger partial charge in [-0.2, -0.15) is 0 Å². The molecule has 3 N–H and O–H groups in total. The van der Waals surface area contributed by atoms with Crippen molar-refractivity contribution in [3.05, 3.63) is 29.8 Å². The predicted octanol–water partition coefficient (Wildman–Crippen LogP) is 1.70. The molecule has 1 aromatic rings. The molecule has 118 valence electrons. The monoisotopic (exact) mass is 294 g/mol. The number of hydrogen-bond acceptors (Lipinski definition) is 4. The van der Waals surface area contributed by atoms with Gasteiger partial charge in [-0.1, -0.05) is 32.0 Å². The number of hydrogen-bond donors (Lipinski definition) is 2. The molecule has 0 bridgehead atoms. The first-order valence-corrected chi connectivity index (χ1v) is 7.36. The van der Waals surface area contributed by atoms with Crippen molar-refractivity contribution in [3.8, 4) is 5.75 Å². The Hall–Kier alpha value is -1.59. The molecule has 0 saturated carbocycles. The van der Waals surface area contributed by atoms with Gasteiger partial charge in [0, 0.05) is 18.7 Å². The number of benzene rings is 1. The van der Waals surface area contributed by atoms with E-state index >= 15 is 0 Å². The SMILES string of the molecule is CCOCC(NC(=O)COc1ccccc1CN)C(C)C. The van der Waals surface area contributed by atoms with Crippen LogP contribution in [0.5, 0.6) is 5.75 Å². The average molecular weight is 294 g/mol. The topological polar surface area (TPSA) is 73.6 Å². The van der Waals surface area contributed by atoms with Gasteiger partial charge in [-0.15, -0.1) is 0 Å². The molecule has 0 spiro atoms. The summed E-state index contributed by atoms with van der Waals surface area (Å²) in [7, 11) is 0. The summed E-state index contributed by atoms with van der Waals surface area (Å²) in [4.78, 5) is 12.0.